The molecule has 166 valence electrons. The number of nitrogens with zero attached hydrogens (tertiary/aromatic N) is 2. The molecule has 1 aliphatic rings. The number of nitrogens with one attached hydrogen (secondary N) is 2. The molecule has 0 bridgehead atoms. The predicted octanol–water partition coefficient (Wildman–Crippen LogP) is 4.62. The number of rotatable bonds is 6. The maximum Gasteiger partial charge on any atom is 0.348 e. The third-order valence-electron chi connectivity index (χ3n) is 4.75. The predicted molar refractivity (Wildman–Crippen MR) is 119 cm³/mol. The number of carboxylic acids is 1. The number of aromatic nitrogens is 2. The van der Waals surface area contributed by atoms with Gasteiger partial charge in [0.25, 0.3) is 0 Å². The van der Waals surface area contributed by atoms with Gasteiger partial charge in [0, 0.05) is 18.5 Å². The topological polar surface area (TPSA) is 96.4 Å². The van der Waals surface area contributed by atoms with E-state index in [1.807, 2.05) is 26.8 Å². The van der Waals surface area contributed by atoms with Gasteiger partial charge in [0.15, 0.2) is 11.6 Å². The van der Waals surface area contributed by atoms with E-state index in [0.717, 1.165) is 36.8 Å². The van der Waals surface area contributed by atoms with Crippen molar-refractivity contribution in [1.82, 2.24) is 9.97 Å². The van der Waals surface area contributed by atoms with Gasteiger partial charge in [-0.05, 0) is 52.5 Å². The van der Waals surface area contributed by atoms with Crippen molar-refractivity contribution in [1.29, 1.82) is 0 Å². The van der Waals surface area contributed by atoms with Crippen LogP contribution in [-0.4, -0.2) is 40.2 Å². The number of aromatic carboxylic acids is 1. The number of thiophene rings is 1. The maximum atomic E-state index is 13.5. The molecule has 1 saturated carbocycles. The number of hydrogen-bond donors (Lipinski definition) is 3. The van der Waals surface area contributed by atoms with Crippen molar-refractivity contribution in [2.24, 2.45) is 5.41 Å². The van der Waals surface area contributed by atoms with E-state index in [1.165, 1.54) is 11.3 Å². The Hall–Kier alpha value is -2.86. The Kier molecular flexibility index (Phi) is 7.01. The van der Waals surface area contributed by atoms with Gasteiger partial charge in [0.05, 0.1) is 16.8 Å². The van der Waals surface area contributed by atoms with Crippen LogP contribution in [0.3, 0.4) is 0 Å². The highest BCUT2D eigenvalue weighted by molar-refractivity contribution is 7.15. The first-order chi connectivity index (χ1) is 14.6. The van der Waals surface area contributed by atoms with E-state index < -0.39 is 11.8 Å². The molecule has 0 aliphatic heterocycles. The van der Waals surface area contributed by atoms with E-state index in [1.54, 1.807) is 7.05 Å². The lowest BCUT2D eigenvalue weighted by molar-refractivity contribution is 0.0703. The summed E-state index contributed by atoms with van der Waals surface area (Å²) < 4.78 is 19.3. The summed E-state index contributed by atoms with van der Waals surface area (Å²) in [7, 11) is 1.59. The Morgan fingerprint density at radius 3 is 2.65 bits per heavy atom. The Morgan fingerprint density at radius 1 is 1.32 bits per heavy atom. The Morgan fingerprint density at radius 2 is 2.03 bits per heavy atom. The molecular weight excluding hydrogens is 419 g/mol. The minimum atomic E-state index is -0.956. The van der Waals surface area contributed by atoms with Crippen LogP contribution in [-0.2, 0) is 0 Å². The standard InChI is InChI=1S/C22H27FN4O3S/c1-22(2,3)10-9-15-11-17(18(31-15)20(28)29)26-13-5-7-14(8-6-13)30-21-25-12-16(23)19(24-4)27-21/h11-14,26H,5-8H2,1-4H3,(H,28,29)(H,24,25,27)/t13-,14-. The zero-order valence-electron chi connectivity index (χ0n) is 18.1. The monoisotopic (exact) mass is 446 g/mol. The fraction of sp³-hybridized carbons (Fsp3) is 0.500. The smallest absolute Gasteiger partial charge is 0.348 e. The van der Waals surface area contributed by atoms with Gasteiger partial charge in [0.2, 0.25) is 0 Å². The molecule has 0 amide bonds. The molecule has 1 aliphatic carbocycles. The van der Waals surface area contributed by atoms with E-state index in [2.05, 4.69) is 32.4 Å². The van der Waals surface area contributed by atoms with Crippen LogP contribution in [0.25, 0.3) is 0 Å². The van der Waals surface area contributed by atoms with Gasteiger partial charge in [-0.1, -0.05) is 11.8 Å². The summed E-state index contributed by atoms with van der Waals surface area (Å²) in [5.74, 6) is 4.85. The normalized spacial score (nSPS) is 18.6. The van der Waals surface area contributed by atoms with Crippen LogP contribution in [0.1, 0.15) is 61.0 Å². The van der Waals surface area contributed by atoms with Crippen LogP contribution >= 0.6 is 11.3 Å². The first-order valence-corrected chi connectivity index (χ1v) is 11.0. The van der Waals surface area contributed by atoms with Crippen LogP contribution < -0.4 is 15.4 Å². The highest BCUT2D eigenvalue weighted by Gasteiger charge is 2.25. The molecule has 2 aromatic heterocycles. The van der Waals surface area contributed by atoms with Gasteiger partial charge >= 0.3 is 12.0 Å². The lowest BCUT2D eigenvalue weighted by Crippen LogP contribution is -2.31. The number of ether oxygens (including phenoxy) is 1. The summed E-state index contributed by atoms with van der Waals surface area (Å²) in [5, 5.41) is 15.6. The number of anilines is 2. The van der Waals surface area contributed by atoms with Crippen LogP contribution in [0.5, 0.6) is 6.01 Å². The minimum absolute atomic E-state index is 0.0668. The van der Waals surface area contributed by atoms with Crippen molar-refractivity contribution in [3.05, 3.63) is 27.8 Å². The van der Waals surface area contributed by atoms with Crippen LogP contribution in [0, 0.1) is 23.1 Å². The first-order valence-electron chi connectivity index (χ1n) is 10.2. The molecule has 31 heavy (non-hydrogen) atoms. The van der Waals surface area contributed by atoms with Crippen molar-refractivity contribution in [3.63, 3.8) is 0 Å². The second-order valence-corrected chi connectivity index (χ2v) is 9.55. The molecule has 0 aromatic carbocycles. The second-order valence-electron chi connectivity index (χ2n) is 8.49. The molecule has 0 atom stereocenters. The molecule has 0 spiro atoms. The van der Waals surface area contributed by atoms with Crippen molar-refractivity contribution in [2.75, 3.05) is 17.7 Å². The fourth-order valence-corrected chi connectivity index (χ4v) is 4.06. The SMILES string of the molecule is CNc1nc(O[C@H]2CC[C@H](Nc3cc(C#CC(C)(C)C)sc3C(=O)O)CC2)ncc1F. The molecule has 0 unspecified atom stereocenters. The molecule has 2 aromatic rings. The average Bonchev–Trinajstić information content (AvgIpc) is 3.12. The van der Waals surface area contributed by atoms with E-state index in [9.17, 15) is 14.3 Å². The second kappa shape index (κ2) is 9.52. The summed E-state index contributed by atoms with van der Waals surface area (Å²) in [6.45, 7) is 6.05. The molecule has 2 heterocycles. The van der Waals surface area contributed by atoms with Crippen molar-refractivity contribution < 1.29 is 19.0 Å². The van der Waals surface area contributed by atoms with E-state index in [4.69, 9.17) is 4.74 Å². The summed E-state index contributed by atoms with van der Waals surface area (Å²) in [6.07, 6.45) is 4.16. The third-order valence-corrected chi connectivity index (χ3v) is 5.79. The largest absolute Gasteiger partial charge is 0.477 e. The van der Waals surface area contributed by atoms with Gasteiger partial charge < -0.3 is 20.5 Å². The molecule has 3 N–H and O–H groups in total. The third kappa shape index (κ3) is 6.31. The summed E-state index contributed by atoms with van der Waals surface area (Å²) in [5.41, 5.74) is 0.460. The molecule has 3 rings (SSSR count). The van der Waals surface area contributed by atoms with Gasteiger partial charge in [-0.2, -0.15) is 4.98 Å². The highest BCUT2D eigenvalue weighted by Crippen LogP contribution is 2.31. The minimum Gasteiger partial charge on any atom is -0.477 e. The molecular formula is C22H27FN4O3S. The zero-order valence-corrected chi connectivity index (χ0v) is 18.9. The maximum absolute atomic E-state index is 13.5. The van der Waals surface area contributed by atoms with Crippen LogP contribution in [0.2, 0.25) is 0 Å². The summed E-state index contributed by atoms with van der Waals surface area (Å²) in [4.78, 5) is 20.6. The Balaban J connectivity index is 1.61. The summed E-state index contributed by atoms with van der Waals surface area (Å²) >= 11 is 1.19. The molecule has 0 radical (unpaired) electrons. The van der Waals surface area contributed by atoms with E-state index in [-0.39, 0.29) is 34.3 Å². The summed E-state index contributed by atoms with van der Waals surface area (Å²) in [6, 6.07) is 2.11. The zero-order chi connectivity index (χ0) is 22.6. The molecule has 9 heteroatoms. The number of hydrogen-bond acceptors (Lipinski definition) is 7. The Labute approximate surface area is 185 Å². The number of halogens is 1. The van der Waals surface area contributed by atoms with Crippen molar-refractivity contribution >= 4 is 28.8 Å². The molecule has 7 nitrogen and oxygen atoms in total. The quantitative estimate of drug-likeness (QED) is 0.557. The van der Waals surface area contributed by atoms with Gasteiger partial charge in [-0.25, -0.2) is 14.2 Å². The lowest BCUT2D eigenvalue weighted by atomic mass is 9.93. The molecule has 1 fully saturated rings. The fourth-order valence-electron chi connectivity index (χ4n) is 3.24. The molecule has 0 saturated heterocycles. The van der Waals surface area contributed by atoms with Crippen molar-refractivity contribution in [3.8, 4) is 17.9 Å². The van der Waals surface area contributed by atoms with Gasteiger partial charge in [0.1, 0.15) is 11.0 Å². The highest BCUT2D eigenvalue weighted by atomic mass is 32.1. The van der Waals surface area contributed by atoms with Gasteiger partial charge in [-0.15, -0.1) is 11.3 Å². The van der Waals surface area contributed by atoms with Crippen LogP contribution in [0.15, 0.2) is 12.3 Å². The van der Waals surface area contributed by atoms with E-state index in [0.29, 0.717) is 5.69 Å². The van der Waals surface area contributed by atoms with Gasteiger partial charge in [-0.3, -0.25) is 0 Å². The van der Waals surface area contributed by atoms with Crippen molar-refractivity contribution in [2.45, 2.75) is 58.6 Å². The number of carbonyl (C=O) groups is 1. The average molecular weight is 447 g/mol. The van der Waals surface area contributed by atoms with Crippen LogP contribution in [0.4, 0.5) is 15.9 Å². The van der Waals surface area contributed by atoms with E-state index >= 15 is 0 Å². The Bertz CT molecular complexity index is 998. The first kappa shape index (κ1) is 22.8. The lowest BCUT2D eigenvalue weighted by Gasteiger charge is -2.29. The number of carboxylic acid groups (broad SMARTS) is 1.